The van der Waals surface area contributed by atoms with Gasteiger partial charge >= 0.3 is 0 Å². The second-order valence-corrected chi connectivity index (χ2v) is 10.2. The largest absolute Gasteiger partial charge is 0.309 e. The van der Waals surface area contributed by atoms with E-state index in [2.05, 4.69) is 149 Å². The molecular weight excluding hydrogens is 476 g/mol. The lowest BCUT2D eigenvalue weighted by Crippen LogP contribution is -2.01. The second-order valence-electron chi connectivity index (χ2n) is 10.2. The highest BCUT2D eigenvalue weighted by atomic mass is 15.3. The summed E-state index contributed by atoms with van der Waals surface area (Å²) in [6, 6.07) is 44.8. The van der Waals surface area contributed by atoms with E-state index in [9.17, 15) is 0 Å². The smallest absolute Gasteiger partial charge is 0.168 e. The molecular formula is C35H28N4. The van der Waals surface area contributed by atoms with Crippen LogP contribution in [0.2, 0.25) is 0 Å². The van der Waals surface area contributed by atoms with Gasteiger partial charge < -0.3 is 4.57 Å². The molecule has 4 nitrogen and oxygen atoms in total. The maximum Gasteiger partial charge on any atom is 0.168 e. The summed E-state index contributed by atoms with van der Waals surface area (Å²) in [5, 5.41) is 11.9. The van der Waals surface area contributed by atoms with Crippen molar-refractivity contribution in [3.63, 3.8) is 0 Å². The highest BCUT2D eigenvalue weighted by Crippen LogP contribution is 2.34. The normalized spacial score (nSPS) is 11.6. The number of benzene rings is 5. The van der Waals surface area contributed by atoms with Gasteiger partial charge in [-0.15, -0.1) is 10.2 Å². The van der Waals surface area contributed by atoms with Crippen LogP contribution in [-0.4, -0.2) is 19.3 Å². The molecule has 188 valence electrons. The van der Waals surface area contributed by atoms with Crippen LogP contribution in [-0.2, 0) is 0 Å². The van der Waals surface area contributed by atoms with E-state index in [0.29, 0.717) is 5.92 Å². The Bertz CT molecular complexity index is 1860. The molecule has 0 bridgehead atoms. The number of nitrogens with zero attached hydrogens (tertiary/aromatic N) is 4. The van der Waals surface area contributed by atoms with Crippen molar-refractivity contribution in [1.82, 2.24) is 19.3 Å². The molecule has 2 aromatic heterocycles. The van der Waals surface area contributed by atoms with E-state index in [4.69, 9.17) is 5.10 Å². The fourth-order valence-corrected chi connectivity index (χ4v) is 5.46. The highest BCUT2D eigenvalue weighted by molar-refractivity contribution is 6.09. The summed E-state index contributed by atoms with van der Waals surface area (Å²) in [5.41, 5.74) is 7.92. The summed E-state index contributed by atoms with van der Waals surface area (Å²) in [6.07, 6.45) is 0. The molecule has 0 aliphatic carbocycles. The minimum absolute atomic E-state index is 0.481. The summed E-state index contributed by atoms with van der Waals surface area (Å²) in [4.78, 5) is 0. The van der Waals surface area contributed by atoms with E-state index in [-0.39, 0.29) is 0 Å². The maximum atomic E-state index is 4.70. The van der Waals surface area contributed by atoms with Gasteiger partial charge in [-0.25, -0.2) is 0 Å². The molecule has 0 atom stereocenters. The number of para-hydroxylation sites is 3. The second kappa shape index (κ2) is 9.41. The third kappa shape index (κ3) is 3.93. The van der Waals surface area contributed by atoms with E-state index < -0.39 is 0 Å². The van der Waals surface area contributed by atoms with Crippen molar-refractivity contribution < 1.29 is 0 Å². The molecule has 0 saturated carbocycles. The fraction of sp³-hybridized carbons (Fsp3) is 0.0857. The van der Waals surface area contributed by atoms with Crippen molar-refractivity contribution in [3.05, 3.63) is 133 Å². The van der Waals surface area contributed by atoms with Crippen molar-refractivity contribution in [2.75, 3.05) is 0 Å². The first-order chi connectivity index (χ1) is 19.2. The highest BCUT2D eigenvalue weighted by Gasteiger charge is 2.18. The van der Waals surface area contributed by atoms with Gasteiger partial charge in [-0.05, 0) is 60.0 Å². The van der Waals surface area contributed by atoms with Gasteiger partial charge in [0.2, 0.25) is 0 Å². The van der Waals surface area contributed by atoms with E-state index in [1.807, 2.05) is 6.07 Å². The van der Waals surface area contributed by atoms with Gasteiger partial charge in [0.25, 0.3) is 0 Å². The lowest BCUT2D eigenvalue weighted by Gasteiger charge is -2.13. The zero-order chi connectivity index (χ0) is 26.3. The summed E-state index contributed by atoms with van der Waals surface area (Å²) in [5.74, 6) is 2.13. The van der Waals surface area contributed by atoms with Gasteiger partial charge in [0.15, 0.2) is 11.6 Å². The summed E-state index contributed by atoms with van der Waals surface area (Å²) in [6.45, 7) is 4.42. The van der Waals surface area contributed by atoms with Crippen LogP contribution < -0.4 is 0 Å². The van der Waals surface area contributed by atoms with Crippen molar-refractivity contribution in [2.45, 2.75) is 19.8 Å². The van der Waals surface area contributed by atoms with Crippen LogP contribution in [0.5, 0.6) is 0 Å². The standard InChI is InChI=1S/C35H28N4/c1-24(2)25-16-18-26(19-17-25)34-36-37-35(39(34)28-10-4-3-5-11-28)27-20-22-29(23-21-27)38-32-14-8-6-12-30(32)31-13-7-9-15-33(31)38/h3-24H,1-2H3. The molecule has 5 aromatic carbocycles. The van der Waals surface area contributed by atoms with Crippen molar-refractivity contribution in [2.24, 2.45) is 0 Å². The van der Waals surface area contributed by atoms with Gasteiger partial charge in [0.05, 0.1) is 11.0 Å². The summed E-state index contributed by atoms with van der Waals surface area (Å²) >= 11 is 0. The average molecular weight is 505 g/mol. The minimum Gasteiger partial charge on any atom is -0.309 e. The first kappa shape index (κ1) is 23.2. The van der Waals surface area contributed by atoms with E-state index in [1.54, 1.807) is 0 Å². The van der Waals surface area contributed by atoms with Crippen molar-refractivity contribution in [1.29, 1.82) is 0 Å². The molecule has 0 saturated heterocycles. The molecule has 0 radical (unpaired) electrons. The van der Waals surface area contributed by atoms with Crippen LogP contribution in [0.15, 0.2) is 127 Å². The van der Waals surface area contributed by atoms with Gasteiger partial charge in [0.1, 0.15) is 0 Å². The molecule has 0 aliphatic heterocycles. The van der Waals surface area contributed by atoms with Crippen LogP contribution in [0.1, 0.15) is 25.3 Å². The van der Waals surface area contributed by atoms with Crippen molar-refractivity contribution >= 4 is 21.8 Å². The summed E-state index contributed by atoms with van der Waals surface area (Å²) < 4.78 is 4.48. The van der Waals surface area contributed by atoms with Crippen molar-refractivity contribution in [3.8, 4) is 34.2 Å². The lowest BCUT2D eigenvalue weighted by atomic mass is 10.0. The number of aromatic nitrogens is 4. The molecule has 0 N–H and O–H groups in total. The van der Waals surface area contributed by atoms with Crippen LogP contribution in [0.4, 0.5) is 0 Å². The number of hydrogen-bond donors (Lipinski definition) is 0. The Kier molecular flexibility index (Phi) is 5.59. The van der Waals surface area contributed by atoms with Gasteiger partial charge in [-0.2, -0.15) is 0 Å². The molecule has 0 amide bonds. The zero-order valence-corrected chi connectivity index (χ0v) is 22.0. The zero-order valence-electron chi connectivity index (χ0n) is 22.0. The lowest BCUT2D eigenvalue weighted by molar-refractivity contribution is 0.866. The Labute approximate surface area is 227 Å². The Balaban J connectivity index is 1.36. The van der Waals surface area contributed by atoms with Gasteiger partial charge in [-0.1, -0.05) is 92.7 Å². The Hall–Kier alpha value is -4.96. The molecule has 2 heterocycles. The monoisotopic (exact) mass is 504 g/mol. The maximum absolute atomic E-state index is 4.70. The molecule has 7 aromatic rings. The molecule has 0 unspecified atom stereocenters. The number of fused-ring (bicyclic) bond motifs is 3. The third-order valence-electron chi connectivity index (χ3n) is 7.48. The Morgan fingerprint density at radius 2 is 0.923 bits per heavy atom. The quantitative estimate of drug-likeness (QED) is 0.235. The van der Waals surface area contributed by atoms with Crippen LogP contribution in [0, 0.1) is 0 Å². The van der Waals surface area contributed by atoms with E-state index >= 15 is 0 Å². The van der Waals surface area contributed by atoms with Gasteiger partial charge in [0, 0.05) is 33.3 Å². The number of rotatable bonds is 5. The number of hydrogen-bond acceptors (Lipinski definition) is 2. The Morgan fingerprint density at radius 3 is 1.46 bits per heavy atom. The average Bonchev–Trinajstić information content (AvgIpc) is 3.58. The van der Waals surface area contributed by atoms with E-state index in [0.717, 1.165) is 34.2 Å². The predicted octanol–water partition coefficient (Wildman–Crippen LogP) is 8.82. The summed E-state index contributed by atoms with van der Waals surface area (Å²) in [7, 11) is 0. The molecule has 0 spiro atoms. The van der Waals surface area contributed by atoms with Gasteiger partial charge in [-0.3, -0.25) is 4.57 Å². The van der Waals surface area contributed by atoms with Crippen LogP contribution in [0.3, 0.4) is 0 Å². The predicted molar refractivity (Wildman–Crippen MR) is 161 cm³/mol. The Morgan fingerprint density at radius 1 is 0.462 bits per heavy atom. The minimum atomic E-state index is 0.481. The molecule has 0 aliphatic rings. The first-order valence-corrected chi connectivity index (χ1v) is 13.4. The topological polar surface area (TPSA) is 35.6 Å². The molecule has 39 heavy (non-hydrogen) atoms. The molecule has 7 rings (SSSR count). The van der Waals surface area contributed by atoms with E-state index in [1.165, 1.54) is 27.4 Å². The SMILES string of the molecule is CC(C)c1ccc(-c2nnc(-c3ccc(-n4c5ccccc5c5ccccc54)cc3)n2-c2ccccc2)cc1. The molecule has 4 heteroatoms. The van der Waals surface area contributed by atoms with Crippen LogP contribution >= 0.6 is 0 Å². The third-order valence-corrected chi connectivity index (χ3v) is 7.48. The molecule has 0 fully saturated rings. The first-order valence-electron chi connectivity index (χ1n) is 13.4. The fourth-order valence-electron chi connectivity index (χ4n) is 5.46. The van der Waals surface area contributed by atoms with Crippen LogP contribution in [0.25, 0.3) is 56.0 Å².